The Kier molecular flexibility index (Phi) is 24.6. The van der Waals surface area contributed by atoms with Crippen molar-refractivity contribution in [2.24, 2.45) is 0 Å². The van der Waals surface area contributed by atoms with Gasteiger partial charge in [0.1, 0.15) is 0 Å². The number of rotatable bonds is 6. The summed E-state index contributed by atoms with van der Waals surface area (Å²) in [4.78, 5) is 16.3. The van der Waals surface area contributed by atoms with Gasteiger partial charge in [-0.15, -0.1) is 0 Å². The maximum absolute atomic E-state index is 9.98. The van der Waals surface area contributed by atoms with Gasteiger partial charge in [0.25, 0.3) is 0 Å². The van der Waals surface area contributed by atoms with E-state index in [-0.39, 0.29) is 6.61 Å². The molecule has 0 bridgehead atoms. The van der Waals surface area contributed by atoms with Crippen LogP contribution in [0.2, 0.25) is 0 Å². The SMILES string of the molecule is C/C=C\C=C/C.C=C/C=C\C.CCCCOP(=O)(O)O. The molecule has 4 nitrogen and oxygen atoms in total. The molecule has 0 radical (unpaired) electrons. The third kappa shape index (κ3) is 43.5. The van der Waals surface area contributed by atoms with Crippen LogP contribution in [0.25, 0.3) is 0 Å². The first-order valence-electron chi connectivity index (χ1n) is 6.57. The Hall–Kier alpha value is -0.930. The summed E-state index contributed by atoms with van der Waals surface area (Å²) in [6.45, 7) is 11.5. The van der Waals surface area contributed by atoms with E-state index in [0.29, 0.717) is 6.42 Å². The van der Waals surface area contributed by atoms with Crippen LogP contribution in [0, 0.1) is 0 Å². The summed E-state index contributed by atoms with van der Waals surface area (Å²) in [5.74, 6) is 0. The minimum absolute atomic E-state index is 0.140. The van der Waals surface area contributed by atoms with Crippen LogP contribution in [0.5, 0.6) is 0 Å². The predicted molar refractivity (Wildman–Crippen MR) is 87.5 cm³/mol. The van der Waals surface area contributed by atoms with Crippen molar-refractivity contribution in [3.63, 3.8) is 0 Å². The maximum atomic E-state index is 9.98. The smallest absolute Gasteiger partial charge is 0.303 e. The highest BCUT2D eigenvalue weighted by atomic mass is 31.2. The zero-order valence-corrected chi connectivity index (χ0v) is 13.9. The van der Waals surface area contributed by atoms with E-state index < -0.39 is 7.82 Å². The minimum Gasteiger partial charge on any atom is -0.303 e. The molecule has 0 aliphatic carbocycles. The van der Waals surface area contributed by atoms with Crippen LogP contribution < -0.4 is 0 Å². The van der Waals surface area contributed by atoms with Gasteiger partial charge in [-0.05, 0) is 27.2 Å². The van der Waals surface area contributed by atoms with Gasteiger partial charge in [-0.3, -0.25) is 4.52 Å². The number of unbranched alkanes of at least 4 members (excludes halogenated alkanes) is 1. The number of hydrogen-bond acceptors (Lipinski definition) is 2. The molecule has 0 saturated carbocycles. The molecule has 20 heavy (non-hydrogen) atoms. The normalized spacial score (nSPS) is 11.1. The van der Waals surface area contributed by atoms with Crippen molar-refractivity contribution in [2.45, 2.75) is 40.5 Å². The lowest BCUT2D eigenvalue weighted by Gasteiger charge is -2.02. The number of phosphoric acid groups is 1. The van der Waals surface area contributed by atoms with Crippen molar-refractivity contribution in [1.29, 1.82) is 0 Å². The summed E-state index contributed by atoms with van der Waals surface area (Å²) in [5.41, 5.74) is 0. The summed E-state index contributed by atoms with van der Waals surface area (Å²) in [6.07, 6.45) is 15.1. The number of hydrogen-bond donors (Lipinski definition) is 2. The zero-order chi connectivity index (χ0) is 16.3. The molecule has 0 fully saturated rings. The summed E-state index contributed by atoms with van der Waals surface area (Å²) in [5, 5.41) is 0. The van der Waals surface area contributed by atoms with Crippen molar-refractivity contribution in [1.82, 2.24) is 0 Å². The van der Waals surface area contributed by atoms with E-state index in [4.69, 9.17) is 9.79 Å². The van der Waals surface area contributed by atoms with Crippen molar-refractivity contribution in [3.8, 4) is 0 Å². The van der Waals surface area contributed by atoms with Gasteiger partial charge in [-0.25, -0.2) is 4.57 Å². The minimum atomic E-state index is -4.20. The Bertz CT molecular complexity index is 304. The molecule has 0 aromatic rings. The fraction of sp³-hybridized carbons (Fsp3) is 0.467. The van der Waals surface area contributed by atoms with Crippen LogP contribution in [0.3, 0.4) is 0 Å². The molecule has 118 valence electrons. The van der Waals surface area contributed by atoms with E-state index in [9.17, 15) is 4.57 Å². The van der Waals surface area contributed by atoms with Gasteiger partial charge >= 0.3 is 7.82 Å². The van der Waals surface area contributed by atoms with Crippen LogP contribution >= 0.6 is 7.82 Å². The molecular weight excluding hydrogens is 275 g/mol. The van der Waals surface area contributed by atoms with E-state index in [1.54, 1.807) is 6.08 Å². The lowest BCUT2D eigenvalue weighted by molar-refractivity contribution is 0.194. The largest absolute Gasteiger partial charge is 0.469 e. The van der Waals surface area contributed by atoms with E-state index in [0.717, 1.165) is 6.42 Å². The van der Waals surface area contributed by atoms with Gasteiger partial charge in [0.2, 0.25) is 0 Å². The molecule has 0 amide bonds. The topological polar surface area (TPSA) is 66.8 Å². The Morgan fingerprint density at radius 3 is 1.70 bits per heavy atom. The summed E-state index contributed by atoms with van der Waals surface area (Å²) < 4.78 is 14.1. The summed E-state index contributed by atoms with van der Waals surface area (Å²) in [6, 6.07) is 0. The molecule has 2 N–H and O–H groups in total. The van der Waals surface area contributed by atoms with E-state index in [1.165, 1.54) is 0 Å². The Morgan fingerprint density at radius 1 is 1.05 bits per heavy atom. The molecule has 0 aliphatic heterocycles. The third-order valence-electron chi connectivity index (χ3n) is 1.58. The summed E-state index contributed by atoms with van der Waals surface area (Å²) >= 11 is 0. The lowest BCUT2D eigenvalue weighted by Crippen LogP contribution is -1.90. The molecule has 0 unspecified atom stereocenters. The molecule has 0 aliphatic rings. The van der Waals surface area contributed by atoms with Gasteiger partial charge in [0.15, 0.2) is 0 Å². The van der Waals surface area contributed by atoms with Gasteiger partial charge in [0, 0.05) is 0 Å². The van der Waals surface area contributed by atoms with Crippen molar-refractivity contribution in [2.75, 3.05) is 6.61 Å². The predicted octanol–water partition coefficient (Wildman–Crippen LogP) is 4.78. The van der Waals surface area contributed by atoms with Gasteiger partial charge in [-0.2, -0.15) is 0 Å². The molecule has 0 aromatic heterocycles. The quantitative estimate of drug-likeness (QED) is 0.421. The van der Waals surface area contributed by atoms with Gasteiger partial charge in [0.05, 0.1) is 6.61 Å². The molecule has 0 rings (SSSR count). The van der Waals surface area contributed by atoms with Crippen LogP contribution in [0.1, 0.15) is 40.5 Å². The molecule has 0 saturated heterocycles. The zero-order valence-electron chi connectivity index (χ0n) is 13.0. The second kappa shape index (κ2) is 20.4. The fourth-order valence-corrected chi connectivity index (χ4v) is 1.05. The Labute approximate surface area is 123 Å². The van der Waals surface area contributed by atoms with Gasteiger partial charge in [-0.1, -0.05) is 62.5 Å². The van der Waals surface area contributed by atoms with Crippen molar-refractivity contribution >= 4 is 7.82 Å². The second-order valence-corrected chi connectivity index (χ2v) is 4.73. The Morgan fingerprint density at radius 2 is 1.50 bits per heavy atom. The molecular formula is C15H29O4P. The van der Waals surface area contributed by atoms with E-state index in [2.05, 4.69) is 11.1 Å². The fourth-order valence-electron chi connectivity index (χ4n) is 0.686. The lowest BCUT2D eigenvalue weighted by atomic mass is 10.4. The number of phosphoric ester groups is 1. The molecule has 0 aromatic carbocycles. The van der Waals surface area contributed by atoms with Crippen molar-refractivity contribution in [3.05, 3.63) is 49.1 Å². The first kappa shape index (κ1) is 24.1. The maximum Gasteiger partial charge on any atom is 0.469 e. The molecule has 0 heterocycles. The van der Waals surface area contributed by atoms with Crippen molar-refractivity contribution < 1.29 is 18.9 Å². The monoisotopic (exact) mass is 304 g/mol. The molecule has 0 atom stereocenters. The second-order valence-electron chi connectivity index (χ2n) is 3.49. The first-order chi connectivity index (χ1) is 9.39. The molecule has 5 heteroatoms. The molecule has 0 spiro atoms. The highest BCUT2D eigenvalue weighted by Crippen LogP contribution is 2.35. The van der Waals surface area contributed by atoms with E-state index >= 15 is 0 Å². The Balaban J connectivity index is -0.000000230. The highest BCUT2D eigenvalue weighted by Gasteiger charge is 2.11. The van der Waals surface area contributed by atoms with Crippen LogP contribution in [-0.4, -0.2) is 16.4 Å². The average Bonchev–Trinajstić information content (AvgIpc) is 2.38. The first-order valence-corrected chi connectivity index (χ1v) is 8.10. The van der Waals surface area contributed by atoms with Crippen LogP contribution in [-0.2, 0) is 9.09 Å². The van der Waals surface area contributed by atoms with Crippen LogP contribution in [0.15, 0.2) is 49.1 Å². The summed E-state index contributed by atoms with van der Waals surface area (Å²) in [7, 11) is -4.20. The third-order valence-corrected chi connectivity index (χ3v) is 2.10. The average molecular weight is 304 g/mol. The van der Waals surface area contributed by atoms with Crippen LogP contribution in [0.4, 0.5) is 0 Å². The standard InChI is InChI=1S/C6H10.C5H8.C4H11O4P/c1-3-5-6-4-2;1-3-5-4-2;1-2-3-4-8-9(5,6)7/h3-6H,1-2H3;3-5H,1H2,2H3;2-4H2,1H3,(H2,5,6,7)/b5-3-,6-4-;5-4-;. The highest BCUT2D eigenvalue weighted by molar-refractivity contribution is 7.46. The van der Waals surface area contributed by atoms with E-state index in [1.807, 2.05) is 64.2 Å². The van der Waals surface area contributed by atoms with Gasteiger partial charge < -0.3 is 9.79 Å². The number of allylic oxidation sites excluding steroid dienone is 7.